The smallest absolute Gasteiger partial charge is 0.252 e. The average Bonchev–Trinajstić information content (AvgIpc) is 2.70. The second kappa shape index (κ2) is 9.09. The normalized spacial score (nSPS) is 16.4. The van der Waals surface area contributed by atoms with Crippen LogP contribution in [-0.4, -0.2) is 37.8 Å². The van der Waals surface area contributed by atoms with Gasteiger partial charge in [-0.2, -0.15) is 4.31 Å². The van der Waals surface area contributed by atoms with Gasteiger partial charge >= 0.3 is 0 Å². The number of carbonyl (C=O) groups excluding carboxylic acids is 1. The zero-order valence-corrected chi connectivity index (χ0v) is 18.3. The fourth-order valence-electron chi connectivity index (χ4n) is 3.88. The van der Waals surface area contributed by atoms with E-state index in [-0.39, 0.29) is 22.4 Å². The van der Waals surface area contributed by atoms with Gasteiger partial charge in [-0.05, 0) is 63.3 Å². The van der Waals surface area contributed by atoms with Gasteiger partial charge in [0, 0.05) is 19.1 Å². The van der Waals surface area contributed by atoms with Crippen LogP contribution in [0.1, 0.15) is 53.2 Å². The first kappa shape index (κ1) is 21.5. The molecule has 1 saturated heterocycles. The van der Waals surface area contributed by atoms with Crippen molar-refractivity contribution in [3.05, 3.63) is 64.7 Å². The van der Waals surface area contributed by atoms with E-state index in [2.05, 4.69) is 37.4 Å². The summed E-state index contributed by atoms with van der Waals surface area (Å²) < 4.78 is 27.7. The van der Waals surface area contributed by atoms with Gasteiger partial charge in [0.25, 0.3) is 5.91 Å². The molecule has 1 aliphatic rings. The minimum Gasteiger partial charge on any atom is -0.349 e. The third-order valence-electron chi connectivity index (χ3n) is 5.47. The van der Waals surface area contributed by atoms with Crippen molar-refractivity contribution in [2.75, 3.05) is 13.1 Å². The second-order valence-corrected chi connectivity index (χ2v) is 9.88. The highest BCUT2D eigenvalue weighted by atomic mass is 32.2. The first-order valence-corrected chi connectivity index (χ1v) is 11.7. The fraction of sp³-hybridized carbons (Fsp3) is 0.435. The van der Waals surface area contributed by atoms with Gasteiger partial charge in [0.15, 0.2) is 0 Å². The van der Waals surface area contributed by atoms with Crippen LogP contribution in [0.2, 0.25) is 0 Å². The van der Waals surface area contributed by atoms with Crippen LogP contribution in [0.5, 0.6) is 0 Å². The molecule has 1 fully saturated rings. The van der Waals surface area contributed by atoms with Crippen molar-refractivity contribution in [3.8, 4) is 0 Å². The lowest BCUT2D eigenvalue weighted by Crippen LogP contribution is -2.38. The third-order valence-corrected chi connectivity index (χ3v) is 7.42. The quantitative estimate of drug-likeness (QED) is 0.781. The molecule has 3 rings (SSSR count). The predicted molar refractivity (Wildman–Crippen MR) is 116 cm³/mol. The summed E-state index contributed by atoms with van der Waals surface area (Å²) >= 11 is 0. The van der Waals surface area contributed by atoms with Crippen LogP contribution in [0.3, 0.4) is 0 Å². The maximum Gasteiger partial charge on any atom is 0.252 e. The molecule has 0 saturated carbocycles. The number of hydrogen-bond acceptors (Lipinski definition) is 3. The van der Waals surface area contributed by atoms with Crippen LogP contribution in [0.25, 0.3) is 0 Å². The van der Waals surface area contributed by atoms with Crippen molar-refractivity contribution in [3.63, 3.8) is 0 Å². The molecule has 1 unspecified atom stereocenters. The van der Waals surface area contributed by atoms with E-state index >= 15 is 0 Å². The van der Waals surface area contributed by atoms with Crippen molar-refractivity contribution in [2.24, 2.45) is 0 Å². The number of carbonyl (C=O) groups is 1. The monoisotopic (exact) mass is 414 g/mol. The number of aryl methyl sites for hydroxylation is 2. The zero-order chi connectivity index (χ0) is 21.0. The second-order valence-electron chi connectivity index (χ2n) is 7.97. The molecule has 6 heteroatoms. The molecule has 0 aromatic heterocycles. The predicted octanol–water partition coefficient (Wildman–Crippen LogP) is 3.84. The molecule has 1 aliphatic heterocycles. The van der Waals surface area contributed by atoms with Gasteiger partial charge in [0.1, 0.15) is 0 Å². The van der Waals surface area contributed by atoms with Crippen LogP contribution in [-0.2, 0) is 16.4 Å². The number of benzene rings is 2. The summed E-state index contributed by atoms with van der Waals surface area (Å²) in [5.74, 6) is -0.349. The highest BCUT2D eigenvalue weighted by Gasteiger charge is 2.30. The minimum atomic E-state index is -3.67. The summed E-state index contributed by atoms with van der Waals surface area (Å²) in [6, 6.07) is 12.7. The van der Waals surface area contributed by atoms with Gasteiger partial charge in [-0.1, -0.05) is 42.3 Å². The maximum atomic E-state index is 13.1. The Balaban J connectivity index is 1.77. The molecular weight excluding hydrogens is 384 g/mol. The number of amides is 1. The van der Waals surface area contributed by atoms with Crippen molar-refractivity contribution in [2.45, 2.75) is 57.4 Å². The Hall–Kier alpha value is -2.18. The first-order chi connectivity index (χ1) is 13.8. The van der Waals surface area contributed by atoms with E-state index in [4.69, 9.17) is 0 Å². The van der Waals surface area contributed by atoms with E-state index < -0.39 is 10.0 Å². The van der Waals surface area contributed by atoms with Crippen LogP contribution in [0.15, 0.2) is 47.4 Å². The van der Waals surface area contributed by atoms with Gasteiger partial charge in [-0.3, -0.25) is 4.79 Å². The molecule has 156 valence electrons. The average molecular weight is 415 g/mol. The molecule has 2 aromatic carbocycles. The molecule has 0 bridgehead atoms. The number of nitrogens with one attached hydrogen (secondary N) is 1. The van der Waals surface area contributed by atoms with Gasteiger partial charge in [-0.15, -0.1) is 0 Å². The van der Waals surface area contributed by atoms with Gasteiger partial charge in [-0.25, -0.2) is 8.42 Å². The van der Waals surface area contributed by atoms with Crippen LogP contribution in [0, 0.1) is 13.8 Å². The molecule has 2 aromatic rings. The summed E-state index contributed by atoms with van der Waals surface area (Å²) in [5, 5.41) is 2.98. The molecule has 1 atom stereocenters. The summed E-state index contributed by atoms with van der Waals surface area (Å²) in [5.41, 5.74) is 3.79. The molecule has 5 nitrogen and oxygen atoms in total. The summed E-state index contributed by atoms with van der Waals surface area (Å²) in [4.78, 5) is 13.0. The number of nitrogens with zero attached hydrogens (tertiary/aromatic N) is 1. The Morgan fingerprint density at radius 1 is 1.07 bits per heavy atom. The van der Waals surface area contributed by atoms with Gasteiger partial charge < -0.3 is 5.32 Å². The minimum absolute atomic E-state index is 0.0955. The lowest BCUT2D eigenvalue weighted by Gasteiger charge is -2.26. The van der Waals surface area contributed by atoms with E-state index in [1.807, 2.05) is 6.92 Å². The Kier molecular flexibility index (Phi) is 6.75. The Labute approximate surface area is 174 Å². The Morgan fingerprint density at radius 3 is 2.45 bits per heavy atom. The van der Waals surface area contributed by atoms with E-state index in [1.54, 1.807) is 18.2 Å². The van der Waals surface area contributed by atoms with Crippen molar-refractivity contribution >= 4 is 15.9 Å². The zero-order valence-electron chi connectivity index (χ0n) is 17.4. The van der Waals surface area contributed by atoms with Crippen LogP contribution < -0.4 is 5.32 Å². The van der Waals surface area contributed by atoms with Gasteiger partial charge in [0.05, 0.1) is 10.5 Å². The molecular formula is C23H30N2O3S. The van der Waals surface area contributed by atoms with Crippen LogP contribution in [0.4, 0.5) is 0 Å². The lowest BCUT2D eigenvalue weighted by atomic mass is 10.00. The SMILES string of the molecule is Cc1ccc(CC(C)NC(=O)c2ccccc2S(=O)(=O)N2CCCCC2)c(C)c1. The van der Waals surface area contributed by atoms with Crippen LogP contribution >= 0.6 is 0 Å². The van der Waals surface area contributed by atoms with Crippen molar-refractivity contribution < 1.29 is 13.2 Å². The van der Waals surface area contributed by atoms with E-state index in [0.29, 0.717) is 19.5 Å². The van der Waals surface area contributed by atoms with Crippen molar-refractivity contribution in [1.82, 2.24) is 9.62 Å². The summed E-state index contributed by atoms with van der Waals surface area (Å²) in [7, 11) is -3.67. The molecule has 0 aliphatic carbocycles. The molecule has 1 heterocycles. The largest absolute Gasteiger partial charge is 0.349 e. The Bertz CT molecular complexity index is 979. The molecule has 0 radical (unpaired) electrons. The highest BCUT2D eigenvalue weighted by Crippen LogP contribution is 2.24. The van der Waals surface area contributed by atoms with E-state index in [1.165, 1.54) is 27.1 Å². The Morgan fingerprint density at radius 2 is 1.76 bits per heavy atom. The summed E-state index contributed by atoms with van der Waals surface area (Å²) in [6.45, 7) is 7.10. The molecule has 1 N–H and O–H groups in total. The number of sulfonamides is 1. The topological polar surface area (TPSA) is 66.5 Å². The first-order valence-electron chi connectivity index (χ1n) is 10.2. The van der Waals surface area contributed by atoms with E-state index in [0.717, 1.165) is 19.3 Å². The maximum absolute atomic E-state index is 13.1. The van der Waals surface area contributed by atoms with Gasteiger partial charge in [0.2, 0.25) is 10.0 Å². The molecule has 1 amide bonds. The van der Waals surface area contributed by atoms with Crippen molar-refractivity contribution in [1.29, 1.82) is 0 Å². The number of hydrogen-bond donors (Lipinski definition) is 1. The third kappa shape index (κ3) is 5.06. The standard InChI is InChI=1S/C23H30N2O3S/c1-17-11-12-20(18(2)15-17)16-19(3)24-23(26)21-9-5-6-10-22(21)29(27,28)25-13-7-4-8-14-25/h5-6,9-12,15,19H,4,7-8,13-14,16H2,1-3H3,(H,24,26). The number of piperidine rings is 1. The fourth-order valence-corrected chi connectivity index (χ4v) is 5.59. The van der Waals surface area contributed by atoms with E-state index in [9.17, 15) is 13.2 Å². The molecule has 0 spiro atoms. The number of rotatable bonds is 6. The summed E-state index contributed by atoms with van der Waals surface area (Å²) in [6.07, 6.45) is 3.46. The lowest BCUT2D eigenvalue weighted by molar-refractivity contribution is 0.0936. The molecule has 29 heavy (non-hydrogen) atoms. The highest BCUT2D eigenvalue weighted by molar-refractivity contribution is 7.89.